The number of hydrogen-bond donors (Lipinski definition) is 2. The van der Waals surface area contributed by atoms with Crippen molar-refractivity contribution in [2.24, 2.45) is 21.7 Å². The predicted octanol–water partition coefficient (Wildman–Crippen LogP) is -3.13. The van der Waals surface area contributed by atoms with Crippen LogP contribution in [0.1, 0.15) is 17.8 Å². The van der Waals surface area contributed by atoms with Gasteiger partial charge in [-0.1, -0.05) is 0 Å². The molecule has 0 spiro atoms. The van der Waals surface area contributed by atoms with Gasteiger partial charge in [-0.15, -0.1) is 0 Å². The van der Waals surface area contributed by atoms with Crippen molar-refractivity contribution in [2.75, 3.05) is 0 Å². The number of fused-ring (bicyclic) bond motifs is 1. The Labute approximate surface area is 92.6 Å². The number of aryl methyl sites for hydroxylation is 1. The van der Waals surface area contributed by atoms with Crippen LogP contribution in [0, 0.1) is 17.8 Å². The molecule has 1 heterocycles. The van der Waals surface area contributed by atoms with Crippen LogP contribution in [0.25, 0.3) is 0 Å². The number of aromatic amines is 1. The first-order valence-electron chi connectivity index (χ1n) is 5.11. The van der Waals surface area contributed by atoms with Gasteiger partial charge in [-0.2, -0.15) is 0 Å². The standard InChI is InChI=1S/C9H12IN4/c11-10-9-4-1-2-6-7(13-14-12-6)3-5(9)8(4)9/h4-5,8H,1-3,11H2,(H,12,13,14)/q-1. The zero-order valence-electron chi connectivity index (χ0n) is 7.70. The Morgan fingerprint density at radius 1 is 1.36 bits per heavy atom. The second-order valence-electron chi connectivity index (χ2n) is 4.63. The average molecular weight is 303 g/mol. The van der Waals surface area contributed by atoms with Gasteiger partial charge in [0.05, 0.1) is 0 Å². The number of aromatic nitrogens is 3. The number of nitrogens with zero attached hydrogens (tertiary/aromatic N) is 2. The van der Waals surface area contributed by atoms with E-state index < -0.39 is 0 Å². The number of halogens is 1. The van der Waals surface area contributed by atoms with Crippen LogP contribution in [0.4, 0.5) is 0 Å². The molecule has 2 saturated carbocycles. The summed E-state index contributed by atoms with van der Waals surface area (Å²) in [5, 5.41) is 11.2. The molecule has 4 aliphatic carbocycles. The molecule has 76 valence electrons. The fourth-order valence-corrected chi connectivity index (χ4v) is 6.60. The zero-order valence-corrected chi connectivity index (χ0v) is 9.86. The molecule has 2 bridgehead atoms. The van der Waals surface area contributed by atoms with Crippen LogP contribution >= 0.6 is 0 Å². The minimum absolute atomic E-state index is 0.0502. The van der Waals surface area contributed by atoms with Gasteiger partial charge in [0.15, 0.2) is 0 Å². The Hall–Kier alpha value is -0.170. The maximum absolute atomic E-state index is 5.98. The van der Waals surface area contributed by atoms with Crippen molar-refractivity contribution in [2.45, 2.75) is 22.7 Å². The topological polar surface area (TPSA) is 67.6 Å². The molecule has 0 aliphatic heterocycles. The predicted molar refractivity (Wildman–Crippen MR) is 45.8 cm³/mol. The molecule has 0 amide bonds. The summed E-state index contributed by atoms with van der Waals surface area (Å²) >= 11 is -0.0502. The van der Waals surface area contributed by atoms with Crippen LogP contribution in [0.15, 0.2) is 0 Å². The van der Waals surface area contributed by atoms with Gasteiger partial charge < -0.3 is 0 Å². The van der Waals surface area contributed by atoms with E-state index in [0.717, 1.165) is 30.6 Å². The molecule has 2 fully saturated rings. The SMILES string of the molecule is N[I-]C12C3CCc4n[nH]nc4CC1C32. The Kier molecular flexibility index (Phi) is 1.33. The number of rotatable bonds is 1. The first-order chi connectivity index (χ1) is 6.88. The summed E-state index contributed by atoms with van der Waals surface area (Å²) in [6, 6.07) is 0. The second-order valence-corrected chi connectivity index (χ2v) is 7.13. The number of hydrogen-bond acceptors (Lipinski definition) is 3. The van der Waals surface area contributed by atoms with Crippen LogP contribution < -0.4 is 25.4 Å². The molecule has 14 heavy (non-hydrogen) atoms. The molecule has 3 N–H and O–H groups in total. The van der Waals surface area contributed by atoms with Gasteiger partial charge >= 0.3 is 92.7 Å². The van der Waals surface area contributed by atoms with E-state index in [2.05, 4.69) is 15.4 Å². The Morgan fingerprint density at radius 3 is 3.00 bits per heavy atom. The second kappa shape index (κ2) is 2.32. The Balaban J connectivity index is 1.70. The summed E-state index contributed by atoms with van der Waals surface area (Å²) in [7, 11) is 0. The molecular formula is C9H12IN4-. The Morgan fingerprint density at radius 2 is 2.21 bits per heavy atom. The molecule has 4 aliphatic rings. The van der Waals surface area contributed by atoms with Crippen molar-refractivity contribution >= 4 is 0 Å². The first-order valence-corrected chi connectivity index (χ1v) is 7.43. The van der Waals surface area contributed by atoms with Crippen molar-refractivity contribution in [1.29, 1.82) is 0 Å². The third-order valence-corrected chi connectivity index (χ3v) is 7.69. The summed E-state index contributed by atoms with van der Waals surface area (Å²) in [4.78, 5) is 0. The van der Waals surface area contributed by atoms with E-state index in [-0.39, 0.29) is 21.5 Å². The van der Waals surface area contributed by atoms with Gasteiger partial charge in [0, 0.05) is 0 Å². The van der Waals surface area contributed by atoms with Gasteiger partial charge in [-0.05, 0) is 0 Å². The molecule has 4 unspecified atom stereocenters. The summed E-state index contributed by atoms with van der Waals surface area (Å²) in [6.45, 7) is 0. The zero-order chi connectivity index (χ0) is 9.34. The van der Waals surface area contributed by atoms with Crippen LogP contribution in [0.5, 0.6) is 0 Å². The minimum atomic E-state index is -0.0502. The van der Waals surface area contributed by atoms with E-state index in [1.54, 1.807) is 0 Å². The molecule has 1 aromatic rings. The quantitative estimate of drug-likeness (QED) is 0.328. The molecule has 5 rings (SSSR count). The molecule has 0 radical (unpaired) electrons. The summed E-state index contributed by atoms with van der Waals surface area (Å²) in [6.07, 6.45) is 3.56. The van der Waals surface area contributed by atoms with E-state index in [1.807, 2.05) is 0 Å². The van der Waals surface area contributed by atoms with Crippen molar-refractivity contribution in [1.82, 2.24) is 15.4 Å². The normalized spacial score (nSPS) is 47.6. The molecule has 0 aromatic carbocycles. The van der Waals surface area contributed by atoms with Crippen molar-refractivity contribution in [3.63, 3.8) is 0 Å². The average Bonchev–Trinajstić information content (AvgIpc) is 2.92. The third kappa shape index (κ3) is 0.722. The van der Waals surface area contributed by atoms with Crippen molar-refractivity contribution in [3.05, 3.63) is 11.4 Å². The maximum atomic E-state index is 5.98. The van der Waals surface area contributed by atoms with E-state index in [9.17, 15) is 0 Å². The van der Waals surface area contributed by atoms with Crippen molar-refractivity contribution in [3.8, 4) is 0 Å². The molecular weight excluding hydrogens is 291 g/mol. The van der Waals surface area contributed by atoms with Gasteiger partial charge in [0.1, 0.15) is 0 Å². The fourth-order valence-electron chi connectivity index (χ4n) is 3.45. The van der Waals surface area contributed by atoms with Crippen LogP contribution in [-0.2, 0) is 12.8 Å². The number of nitrogens with one attached hydrogen (secondary N) is 1. The molecule has 4 nitrogen and oxygen atoms in total. The fraction of sp³-hybridized carbons (Fsp3) is 0.778. The van der Waals surface area contributed by atoms with Crippen LogP contribution in [0.3, 0.4) is 0 Å². The first kappa shape index (κ1) is 8.04. The van der Waals surface area contributed by atoms with Gasteiger partial charge in [-0.25, -0.2) is 0 Å². The summed E-state index contributed by atoms with van der Waals surface area (Å²) in [5.41, 5.74) is 2.43. The molecule has 0 saturated heterocycles. The number of H-pyrrole nitrogens is 1. The van der Waals surface area contributed by atoms with Gasteiger partial charge in [-0.3, -0.25) is 0 Å². The van der Waals surface area contributed by atoms with E-state index in [1.165, 1.54) is 17.8 Å². The van der Waals surface area contributed by atoms with Gasteiger partial charge in [0.25, 0.3) is 0 Å². The molecule has 5 heteroatoms. The van der Waals surface area contributed by atoms with Crippen molar-refractivity contribution < 1.29 is 21.5 Å². The molecule has 1 aromatic heterocycles. The third-order valence-electron chi connectivity index (χ3n) is 4.29. The van der Waals surface area contributed by atoms with E-state index in [4.69, 9.17) is 3.95 Å². The van der Waals surface area contributed by atoms with Crippen LogP contribution in [0.2, 0.25) is 0 Å². The van der Waals surface area contributed by atoms with E-state index >= 15 is 0 Å². The summed E-state index contributed by atoms with van der Waals surface area (Å²) in [5.74, 6) is 2.84. The van der Waals surface area contributed by atoms with E-state index in [0.29, 0.717) is 3.42 Å². The van der Waals surface area contributed by atoms with Gasteiger partial charge in [0.2, 0.25) is 0 Å². The number of nitrogens with two attached hydrogens (primary N) is 1. The molecule has 4 atom stereocenters. The number of alkyl halides is 1. The monoisotopic (exact) mass is 303 g/mol. The Bertz CT molecular complexity index is 397. The van der Waals surface area contributed by atoms with Crippen LogP contribution in [-0.4, -0.2) is 18.8 Å². The summed E-state index contributed by atoms with van der Waals surface area (Å²) < 4.78 is 6.64.